The first kappa shape index (κ1) is 19.2. The Balaban J connectivity index is 2.04. The number of nitrogens with zero attached hydrogens (tertiary/aromatic N) is 1. The van der Waals surface area contributed by atoms with Gasteiger partial charge in [0.2, 0.25) is 0 Å². The highest BCUT2D eigenvalue weighted by Gasteiger charge is 2.16. The molecule has 0 atom stereocenters. The first-order chi connectivity index (χ1) is 12.3. The lowest BCUT2D eigenvalue weighted by Crippen LogP contribution is -2.18. The fraction of sp³-hybridized carbons (Fsp3) is 0.316. The summed E-state index contributed by atoms with van der Waals surface area (Å²) in [5.74, 6) is 0.460. The molecule has 0 N–H and O–H groups in total. The van der Waals surface area contributed by atoms with E-state index in [-0.39, 0.29) is 23.8 Å². The van der Waals surface area contributed by atoms with Crippen LogP contribution in [0.25, 0.3) is 0 Å². The SMILES string of the molecule is COc1ccc([N+](=O)[O-])cc1OC(=O)COc1ccc(C(C)C)c(C)c1. The Hall–Kier alpha value is -3.09. The summed E-state index contributed by atoms with van der Waals surface area (Å²) in [6.45, 7) is 5.86. The maximum atomic E-state index is 12.0. The molecule has 0 radical (unpaired) electrons. The Morgan fingerprint density at radius 2 is 1.88 bits per heavy atom. The predicted molar refractivity (Wildman–Crippen MR) is 96.0 cm³/mol. The molecule has 0 aliphatic heterocycles. The number of esters is 1. The third-order valence-electron chi connectivity index (χ3n) is 3.80. The molecule has 0 saturated carbocycles. The molecule has 7 nitrogen and oxygen atoms in total. The topological polar surface area (TPSA) is 87.9 Å². The lowest BCUT2D eigenvalue weighted by molar-refractivity contribution is -0.384. The number of non-ortho nitro benzene ring substituents is 1. The number of nitro benzene ring substituents is 1. The zero-order valence-corrected chi connectivity index (χ0v) is 15.1. The summed E-state index contributed by atoms with van der Waals surface area (Å²) in [7, 11) is 1.38. The first-order valence-electron chi connectivity index (χ1n) is 8.08. The quantitative estimate of drug-likeness (QED) is 0.321. The van der Waals surface area contributed by atoms with Gasteiger partial charge in [-0.25, -0.2) is 4.79 Å². The number of carbonyl (C=O) groups is 1. The lowest BCUT2D eigenvalue weighted by atomic mass is 9.98. The Labute approximate surface area is 151 Å². The number of hydrogen-bond acceptors (Lipinski definition) is 6. The molecular formula is C19H21NO6. The van der Waals surface area contributed by atoms with Crippen LogP contribution in [-0.4, -0.2) is 24.6 Å². The van der Waals surface area contributed by atoms with Crippen LogP contribution in [0.5, 0.6) is 17.2 Å². The molecule has 0 fully saturated rings. The maximum absolute atomic E-state index is 12.0. The molecule has 26 heavy (non-hydrogen) atoms. The predicted octanol–water partition coefficient (Wildman–Crippen LogP) is 4.02. The highest BCUT2D eigenvalue weighted by Crippen LogP contribution is 2.31. The van der Waals surface area contributed by atoms with Gasteiger partial charge in [0.25, 0.3) is 5.69 Å². The molecule has 0 saturated heterocycles. The number of aryl methyl sites for hydroxylation is 1. The minimum Gasteiger partial charge on any atom is -0.493 e. The summed E-state index contributed by atoms with van der Waals surface area (Å²) >= 11 is 0. The van der Waals surface area contributed by atoms with E-state index in [9.17, 15) is 14.9 Å². The number of methoxy groups -OCH3 is 1. The highest BCUT2D eigenvalue weighted by atomic mass is 16.6. The average Bonchev–Trinajstić information content (AvgIpc) is 2.59. The molecule has 0 bridgehead atoms. The normalized spacial score (nSPS) is 10.5. The minimum absolute atomic E-state index is 0.0263. The van der Waals surface area contributed by atoms with Crippen molar-refractivity contribution < 1.29 is 23.9 Å². The van der Waals surface area contributed by atoms with Crippen molar-refractivity contribution in [1.29, 1.82) is 0 Å². The highest BCUT2D eigenvalue weighted by molar-refractivity contribution is 5.75. The van der Waals surface area contributed by atoms with Crippen molar-refractivity contribution in [1.82, 2.24) is 0 Å². The molecule has 2 aromatic rings. The van der Waals surface area contributed by atoms with Crippen LogP contribution in [-0.2, 0) is 4.79 Å². The van der Waals surface area contributed by atoms with Crippen molar-refractivity contribution in [3.8, 4) is 17.2 Å². The monoisotopic (exact) mass is 359 g/mol. The second-order valence-corrected chi connectivity index (χ2v) is 6.03. The summed E-state index contributed by atoms with van der Waals surface area (Å²) in [4.78, 5) is 22.3. The fourth-order valence-corrected chi connectivity index (χ4v) is 2.54. The molecule has 0 aliphatic rings. The van der Waals surface area contributed by atoms with Gasteiger partial charge in [0.1, 0.15) is 5.75 Å². The molecule has 0 unspecified atom stereocenters. The van der Waals surface area contributed by atoms with Crippen molar-refractivity contribution in [2.75, 3.05) is 13.7 Å². The van der Waals surface area contributed by atoms with Crippen LogP contribution in [0.2, 0.25) is 0 Å². The van der Waals surface area contributed by atoms with Gasteiger partial charge in [0.05, 0.1) is 18.1 Å². The standard InChI is InChI=1S/C19H21NO6/c1-12(2)16-7-6-15(9-13(16)3)25-11-19(21)26-18-10-14(20(22)23)5-8-17(18)24-4/h5-10,12H,11H2,1-4H3. The van der Waals surface area contributed by atoms with Crippen molar-refractivity contribution in [2.45, 2.75) is 26.7 Å². The van der Waals surface area contributed by atoms with Crippen molar-refractivity contribution in [2.24, 2.45) is 0 Å². The van der Waals surface area contributed by atoms with E-state index in [1.54, 1.807) is 6.07 Å². The van der Waals surface area contributed by atoms with Gasteiger partial charge >= 0.3 is 5.97 Å². The van der Waals surface area contributed by atoms with Gasteiger partial charge in [-0.2, -0.15) is 0 Å². The van der Waals surface area contributed by atoms with E-state index >= 15 is 0 Å². The maximum Gasteiger partial charge on any atom is 0.349 e. The molecule has 0 spiro atoms. The number of rotatable bonds is 7. The number of carbonyl (C=O) groups excluding carboxylic acids is 1. The van der Waals surface area contributed by atoms with Crippen LogP contribution in [0.4, 0.5) is 5.69 Å². The Bertz CT molecular complexity index is 816. The third-order valence-corrected chi connectivity index (χ3v) is 3.80. The van der Waals surface area contributed by atoms with E-state index in [0.717, 1.165) is 11.6 Å². The minimum atomic E-state index is -0.686. The summed E-state index contributed by atoms with van der Waals surface area (Å²) in [6.07, 6.45) is 0. The third kappa shape index (κ3) is 4.72. The van der Waals surface area contributed by atoms with Gasteiger partial charge in [-0.1, -0.05) is 19.9 Å². The van der Waals surface area contributed by atoms with Crippen molar-refractivity contribution in [3.05, 3.63) is 57.6 Å². The van der Waals surface area contributed by atoms with Crippen LogP contribution in [0.1, 0.15) is 30.9 Å². The number of hydrogen-bond donors (Lipinski definition) is 0. The summed E-state index contributed by atoms with van der Waals surface area (Å²) in [6, 6.07) is 9.39. The van der Waals surface area contributed by atoms with E-state index in [2.05, 4.69) is 13.8 Å². The van der Waals surface area contributed by atoms with Crippen LogP contribution in [0.3, 0.4) is 0 Å². The Kier molecular flexibility index (Phi) is 6.16. The van der Waals surface area contributed by atoms with E-state index in [0.29, 0.717) is 11.7 Å². The van der Waals surface area contributed by atoms with Gasteiger partial charge in [-0.15, -0.1) is 0 Å². The van der Waals surface area contributed by atoms with E-state index < -0.39 is 10.9 Å². The summed E-state index contributed by atoms with van der Waals surface area (Å²) in [5, 5.41) is 10.9. The van der Waals surface area contributed by atoms with Crippen LogP contribution >= 0.6 is 0 Å². The van der Waals surface area contributed by atoms with Crippen molar-refractivity contribution >= 4 is 11.7 Å². The van der Waals surface area contributed by atoms with Crippen LogP contribution in [0, 0.1) is 17.0 Å². The zero-order valence-electron chi connectivity index (χ0n) is 15.1. The van der Waals surface area contributed by atoms with Gasteiger partial charge in [0, 0.05) is 6.07 Å². The van der Waals surface area contributed by atoms with Gasteiger partial charge in [-0.3, -0.25) is 10.1 Å². The molecule has 0 aliphatic carbocycles. The molecule has 2 aromatic carbocycles. The first-order valence-corrected chi connectivity index (χ1v) is 8.08. The van der Waals surface area contributed by atoms with Crippen LogP contribution < -0.4 is 14.2 Å². The molecule has 2 rings (SSSR count). The smallest absolute Gasteiger partial charge is 0.349 e. The van der Waals surface area contributed by atoms with Gasteiger partial charge in [0.15, 0.2) is 18.1 Å². The van der Waals surface area contributed by atoms with Crippen molar-refractivity contribution in [3.63, 3.8) is 0 Å². The summed E-state index contributed by atoms with van der Waals surface area (Å²) < 4.78 is 15.7. The molecular weight excluding hydrogens is 338 g/mol. The summed E-state index contributed by atoms with van der Waals surface area (Å²) in [5.41, 5.74) is 2.09. The largest absolute Gasteiger partial charge is 0.493 e. The lowest BCUT2D eigenvalue weighted by Gasteiger charge is -2.13. The second-order valence-electron chi connectivity index (χ2n) is 6.03. The number of benzene rings is 2. The molecule has 0 aromatic heterocycles. The van der Waals surface area contributed by atoms with E-state index in [1.807, 2.05) is 19.1 Å². The van der Waals surface area contributed by atoms with Crippen LogP contribution in [0.15, 0.2) is 36.4 Å². The van der Waals surface area contributed by atoms with E-state index in [4.69, 9.17) is 14.2 Å². The second kappa shape index (κ2) is 8.33. The number of nitro groups is 1. The Morgan fingerprint density at radius 1 is 1.15 bits per heavy atom. The molecule has 0 heterocycles. The van der Waals surface area contributed by atoms with Gasteiger partial charge in [-0.05, 0) is 42.2 Å². The number of ether oxygens (including phenoxy) is 3. The molecule has 0 amide bonds. The fourth-order valence-electron chi connectivity index (χ4n) is 2.54. The molecule has 7 heteroatoms. The zero-order chi connectivity index (χ0) is 19.3. The molecule has 138 valence electrons. The average molecular weight is 359 g/mol. The van der Waals surface area contributed by atoms with Gasteiger partial charge < -0.3 is 14.2 Å². The Morgan fingerprint density at radius 3 is 2.46 bits per heavy atom. The van der Waals surface area contributed by atoms with E-state index in [1.165, 1.54) is 24.8 Å².